The van der Waals surface area contributed by atoms with Crippen LogP contribution in [0.15, 0.2) is 18.2 Å². The zero-order valence-electron chi connectivity index (χ0n) is 10.4. The predicted molar refractivity (Wildman–Crippen MR) is 66.0 cm³/mol. The van der Waals surface area contributed by atoms with Crippen molar-refractivity contribution < 1.29 is 9.53 Å². The van der Waals surface area contributed by atoms with Crippen LogP contribution in [0.3, 0.4) is 0 Å². The molecular weight excluding hydrogens is 216 g/mol. The zero-order chi connectivity index (χ0) is 12.4. The summed E-state index contributed by atoms with van der Waals surface area (Å²) in [5.74, 6) is -0.318. The van der Waals surface area contributed by atoms with Gasteiger partial charge in [0.05, 0.1) is 23.9 Å². The zero-order valence-corrected chi connectivity index (χ0v) is 10.4. The minimum atomic E-state index is -0.318. The van der Waals surface area contributed by atoms with Gasteiger partial charge >= 0.3 is 5.97 Å². The summed E-state index contributed by atoms with van der Waals surface area (Å²) in [6, 6.07) is 5.64. The molecule has 0 N–H and O–H groups in total. The van der Waals surface area contributed by atoms with Crippen molar-refractivity contribution in [1.29, 1.82) is 0 Å². The number of carbonyl (C=O) groups excluding carboxylic acids is 1. The average molecular weight is 232 g/mol. The Bertz CT molecular complexity index is 558. The maximum absolute atomic E-state index is 11.7. The minimum Gasteiger partial charge on any atom is -0.465 e. The highest BCUT2D eigenvalue weighted by Gasteiger charge is 2.16. The van der Waals surface area contributed by atoms with Crippen molar-refractivity contribution in [2.45, 2.75) is 19.8 Å². The largest absolute Gasteiger partial charge is 0.465 e. The molecule has 17 heavy (non-hydrogen) atoms. The highest BCUT2D eigenvalue weighted by Crippen LogP contribution is 2.23. The number of aromatic nitrogens is 2. The highest BCUT2D eigenvalue weighted by molar-refractivity contribution is 6.03. The Hall–Kier alpha value is -1.84. The molecule has 0 fully saturated rings. The number of fused-ring (bicyclic) bond motifs is 1. The monoisotopic (exact) mass is 232 g/mol. The first-order chi connectivity index (χ1) is 8.19. The Kier molecular flexibility index (Phi) is 3.13. The smallest absolute Gasteiger partial charge is 0.340 e. The number of rotatable bonds is 3. The summed E-state index contributed by atoms with van der Waals surface area (Å²) >= 11 is 0. The second-order valence-corrected chi connectivity index (χ2v) is 4.01. The van der Waals surface area contributed by atoms with Gasteiger partial charge in [-0.05, 0) is 12.5 Å². The summed E-state index contributed by atoms with van der Waals surface area (Å²) in [6.45, 7) is 2.12. The Morgan fingerprint density at radius 2 is 2.24 bits per heavy atom. The summed E-state index contributed by atoms with van der Waals surface area (Å²) in [4.78, 5) is 11.7. The van der Waals surface area contributed by atoms with E-state index in [1.807, 2.05) is 19.2 Å². The molecule has 0 aliphatic heterocycles. The first kappa shape index (κ1) is 11.6. The summed E-state index contributed by atoms with van der Waals surface area (Å²) in [7, 11) is 3.25. The van der Waals surface area contributed by atoms with Gasteiger partial charge in [-0.2, -0.15) is 5.10 Å². The Morgan fingerprint density at radius 1 is 1.47 bits per heavy atom. The Balaban J connectivity index is 2.68. The van der Waals surface area contributed by atoms with Crippen LogP contribution in [0, 0.1) is 0 Å². The number of hydrogen-bond donors (Lipinski definition) is 0. The maximum Gasteiger partial charge on any atom is 0.340 e. The molecule has 2 aromatic rings. The Labute approximate surface area is 100 Å². The summed E-state index contributed by atoms with van der Waals surface area (Å²) in [5, 5.41) is 5.50. The predicted octanol–water partition coefficient (Wildman–Crippen LogP) is 2.31. The van der Waals surface area contributed by atoms with Gasteiger partial charge in [-0.1, -0.05) is 25.5 Å². The summed E-state index contributed by atoms with van der Waals surface area (Å²) in [5.41, 5.74) is 2.46. The quantitative estimate of drug-likeness (QED) is 0.763. The lowest BCUT2D eigenvalue weighted by Gasteiger charge is -2.02. The molecular formula is C13H16N2O2. The molecule has 4 heteroatoms. The number of carbonyl (C=O) groups is 1. The van der Waals surface area contributed by atoms with E-state index in [9.17, 15) is 4.79 Å². The molecule has 0 radical (unpaired) electrons. The maximum atomic E-state index is 11.7. The van der Waals surface area contributed by atoms with Crippen molar-refractivity contribution in [3.63, 3.8) is 0 Å². The number of benzene rings is 1. The molecule has 1 aromatic heterocycles. The van der Waals surface area contributed by atoms with Crippen LogP contribution >= 0.6 is 0 Å². The number of ether oxygens (including phenoxy) is 1. The normalized spacial score (nSPS) is 10.8. The summed E-state index contributed by atoms with van der Waals surface area (Å²) < 4.78 is 6.55. The van der Waals surface area contributed by atoms with Crippen molar-refractivity contribution in [1.82, 2.24) is 9.78 Å². The molecule has 0 aliphatic carbocycles. The van der Waals surface area contributed by atoms with E-state index in [1.165, 1.54) is 7.11 Å². The summed E-state index contributed by atoms with van der Waals surface area (Å²) in [6.07, 6.45) is 1.95. The van der Waals surface area contributed by atoms with Gasteiger partial charge in [0.1, 0.15) is 0 Å². The third kappa shape index (κ3) is 1.90. The molecule has 0 spiro atoms. The van der Waals surface area contributed by atoms with Gasteiger partial charge in [-0.25, -0.2) is 4.79 Å². The van der Waals surface area contributed by atoms with Crippen LogP contribution in [-0.4, -0.2) is 22.9 Å². The van der Waals surface area contributed by atoms with E-state index in [0.717, 1.165) is 29.4 Å². The van der Waals surface area contributed by atoms with Crippen molar-refractivity contribution in [3.8, 4) is 0 Å². The van der Waals surface area contributed by atoms with Crippen LogP contribution in [0.5, 0.6) is 0 Å². The highest BCUT2D eigenvalue weighted by atomic mass is 16.5. The van der Waals surface area contributed by atoms with Crippen molar-refractivity contribution >= 4 is 16.9 Å². The van der Waals surface area contributed by atoms with Crippen LogP contribution in [0.25, 0.3) is 10.9 Å². The number of hydrogen-bond acceptors (Lipinski definition) is 3. The lowest BCUT2D eigenvalue weighted by atomic mass is 10.1. The molecule has 0 saturated heterocycles. The fourth-order valence-corrected chi connectivity index (χ4v) is 2.11. The molecule has 0 atom stereocenters. The fraction of sp³-hybridized carbons (Fsp3) is 0.385. The van der Waals surface area contributed by atoms with E-state index in [4.69, 9.17) is 4.74 Å². The van der Waals surface area contributed by atoms with Crippen LogP contribution < -0.4 is 0 Å². The molecule has 1 aromatic carbocycles. The average Bonchev–Trinajstić information content (AvgIpc) is 2.66. The van der Waals surface area contributed by atoms with Crippen molar-refractivity contribution in [2.24, 2.45) is 7.05 Å². The van der Waals surface area contributed by atoms with Gasteiger partial charge < -0.3 is 4.74 Å². The lowest BCUT2D eigenvalue weighted by molar-refractivity contribution is 0.0602. The number of esters is 1. The first-order valence-electron chi connectivity index (χ1n) is 5.72. The number of methoxy groups -OCH3 is 1. The minimum absolute atomic E-state index is 0.318. The van der Waals surface area contributed by atoms with E-state index in [0.29, 0.717) is 5.56 Å². The molecule has 1 heterocycles. The van der Waals surface area contributed by atoms with Crippen molar-refractivity contribution in [2.75, 3.05) is 7.11 Å². The standard InChI is InChI=1S/C13H16N2O2/c1-4-6-11-9-7-5-8-10(13(16)17-3)12(9)15(2)14-11/h5,7-8H,4,6H2,1-3H3. The van der Waals surface area contributed by atoms with Crippen LogP contribution in [0.4, 0.5) is 0 Å². The SMILES string of the molecule is CCCc1nn(C)c2c(C(=O)OC)cccc12. The lowest BCUT2D eigenvalue weighted by Crippen LogP contribution is -2.04. The second-order valence-electron chi connectivity index (χ2n) is 4.01. The number of para-hydroxylation sites is 1. The van der Waals surface area contributed by atoms with Gasteiger partial charge in [-0.15, -0.1) is 0 Å². The molecule has 0 saturated carbocycles. The van der Waals surface area contributed by atoms with Gasteiger partial charge in [0, 0.05) is 12.4 Å². The van der Waals surface area contributed by atoms with E-state index in [1.54, 1.807) is 10.7 Å². The molecule has 2 rings (SSSR count). The molecule has 0 bridgehead atoms. The fourth-order valence-electron chi connectivity index (χ4n) is 2.11. The van der Waals surface area contributed by atoms with Crippen LogP contribution in [0.2, 0.25) is 0 Å². The molecule has 0 aliphatic rings. The van der Waals surface area contributed by atoms with Gasteiger partial charge in [0.2, 0.25) is 0 Å². The van der Waals surface area contributed by atoms with Gasteiger partial charge in [0.15, 0.2) is 0 Å². The molecule has 0 amide bonds. The van der Waals surface area contributed by atoms with E-state index >= 15 is 0 Å². The first-order valence-corrected chi connectivity index (χ1v) is 5.72. The number of aryl methyl sites for hydroxylation is 2. The molecule has 90 valence electrons. The van der Waals surface area contributed by atoms with Crippen LogP contribution in [-0.2, 0) is 18.2 Å². The third-order valence-electron chi connectivity index (χ3n) is 2.83. The van der Waals surface area contributed by atoms with Gasteiger partial charge in [0.25, 0.3) is 0 Å². The second kappa shape index (κ2) is 4.57. The topological polar surface area (TPSA) is 44.1 Å². The van der Waals surface area contributed by atoms with E-state index in [2.05, 4.69) is 12.0 Å². The molecule has 4 nitrogen and oxygen atoms in total. The molecule has 0 unspecified atom stereocenters. The van der Waals surface area contributed by atoms with Crippen molar-refractivity contribution in [3.05, 3.63) is 29.5 Å². The Morgan fingerprint density at radius 3 is 2.88 bits per heavy atom. The third-order valence-corrected chi connectivity index (χ3v) is 2.83. The van der Waals surface area contributed by atoms with E-state index < -0.39 is 0 Å². The van der Waals surface area contributed by atoms with Gasteiger partial charge in [-0.3, -0.25) is 4.68 Å². The van der Waals surface area contributed by atoms with Crippen LogP contribution in [0.1, 0.15) is 29.4 Å². The number of nitrogens with zero attached hydrogens (tertiary/aromatic N) is 2. The van der Waals surface area contributed by atoms with E-state index in [-0.39, 0.29) is 5.97 Å².